The molecule has 2 N–H and O–H groups in total. The third-order valence-electron chi connectivity index (χ3n) is 5.51. The summed E-state index contributed by atoms with van der Waals surface area (Å²) in [5, 5.41) is 5.54. The standard InChI is InChI=1S/C25H25N3O4S/c1-2-26-24(29)20-9-5-7-18(15-20)17-27-25(30)21-10-6-11-22(16-21)33(31,32)28-14-13-19-8-3-4-12-23(19)28/h3-12,15-16H,2,13-14,17H2,1H3,(H,26,29)(H,27,30). The molecule has 0 saturated carbocycles. The predicted octanol–water partition coefficient (Wildman–Crippen LogP) is 3.12. The second-order valence-corrected chi connectivity index (χ2v) is 9.59. The van der Waals surface area contributed by atoms with Gasteiger partial charge in [0.15, 0.2) is 0 Å². The molecule has 0 saturated heterocycles. The summed E-state index contributed by atoms with van der Waals surface area (Å²) in [7, 11) is -3.79. The smallest absolute Gasteiger partial charge is 0.264 e. The molecule has 3 aromatic rings. The highest BCUT2D eigenvalue weighted by molar-refractivity contribution is 7.92. The van der Waals surface area contributed by atoms with E-state index < -0.39 is 15.9 Å². The van der Waals surface area contributed by atoms with E-state index >= 15 is 0 Å². The van der Waals surface area contributed by atoms with Gasteiger partial charge in [0.1, 0.15) is 0 Å². The molecule has 0 fully saturated rings. The first-order valence-electron chi connectivity index (χ1n) is 10.8. The molecule has 0 bridgehead atoms. The molecule has 0 atom stereocenters. The molecule has 7 nitrogen and oxygen atoms in total. The Kier molecular flexibility index (Phi) is 6.46. The fourth-order valence-electron chi connectivity index (χ4n) is 3.85. The van der Waals surface area contributed by atoms with E-state index in [9.17, 15) is 18.0 Å². The molecule has 3 aromatic carbocycles. The molecular weight excluding hydrogens is 438 g/mol. The van der Waals surface area contributed by atoms with Gasteiger partial charge in [0.05, 0.1) is 10.6 Å². The highest BCUT2D eigenvalue weighted by atomic mass is 32.2. The molecule has 1 aliphatic rings. The van der Waals surface area contributed by atoms with E-state index in [1.54, 1.807) is 36.4 Å². The minimum absolute atomic E-state index is 0.0742. The van der Waals surface area contributed by atoms with Crippen LogP contribution in [0, 0.1) is 0 Å². The van der Waals surface area contributed by atoms with Crippen molar-refractivity contribution in [1.82, 2.24) is 10.6 Å². The number of carbonyl (C=O) groups excluding carboxylic acids is 2. The molecular formula is C25H25N3O4S. The maximum Gasteiger partial charge on any atom is 0.264 e. The van der Waals surface area contributed by atoms with E-state index in [4.69, 9.17) is 0 Å². The van der Waals surface area contributed by atoms with Crippen LogP contribution < -0.4 is 14.9 Å². The molecule has 1 heterocycles. The Labute approximate surface area is 193 Å². The van der Waals surface area contributed by atoms with E-state index in [0.29, 0.717) is 30.8 Å². The fraction of sp³-hybridized carbons (Fsp3) is 0.200. The Hall–Kier alpha value is -3.65. The number of nitrogens with one attached hydrogen (secondary N) is 2. The van der Waals surface area contributed by atoms with Crippen LogP contribution in [-0.2, 0) is 23.0 Å². The first-order chi connectivity index (χ1) is 15.9. The molecule has 0 aromatic heterocycles. The number of fused-ring (bicyclic) bond motifs is 1. The molecule has 0 spiro atoms. The summed E-state index contributed by atoms with van der Waals surface area (Å²) in [6.07, 6.45) is 0.658. The van der Waals surface area contributed by atoms with Crippen molar-refractivity contribution in [3.05, 3.63) is 95.1 Å². The van der Waals surface area contributed by atoms with Gasteiger partial charge in [-0.25, -0.2) is 8.42 Å². The summed E-state index contributed by atoms with van der Waals surface area (Å²) in [5.41, 5.74) is 3.21. The van der Waals surface area contributed by atoms with Gasteiger partial charge in [-0.3, -0.25) is 13.9 Å². The SMILES string of the molecule is CCNC(=O)c1cccc(CNC(=O)c2cccc(S(=O)(=O)N3CCc4ccccc43)c2)c1. The number of sulfonamides is 1. The van der Waals surface area contributed by atoms with Gasteiger partial charge in [-0.15, -0.1) is 0 Å². The third kappa shape index (κ3) is 4.75. The van der Waals surface area contributed by atoms with Gasteiger partial charge in [0.25, 0.3) is 21.8 Å². The highest BCUT2D eigenvalue weighted by Gasteiger charge is 2.30. The molecule has 0 aliphatic carbocycles. The van der Waals surface area contributed by atoms with E-state index in [1.165, 1.54) is 16.4 Å². The summed E-state index contributed by atoms with van der Waals surface area (Å²) in [6.45, 7) is 2.96. The summed E-state index contributed by atoms with van der Waals surface area (Å²) in [5.74, 6) is -0.565. The molecule has 8 heteroatoms. The van der Waals surface area contributed by atoms with Crippen molar-refractivity contribution in [3.63, 3.8) is 0 Å². The lowest BCUT2D eigenvalue weighted by Crippen LogP contribution is -2.29. The number of benzene rings is 3. The minimum atomic E-state index is -3.79. The Morgan fingerprint density at radius 2 is 1.58 bits per heavy atom. The summed E-state index contributed by atoms with van der Waals surface area (Å²) >= 11 is 0. The van der Waals surface area contributed by atoms with Crippen LogP contribution in [0.25, 0.3) is 0 Å². The van der Waals surface area contributed by atoms with Gasteiger partial charge in [-0.2, -0.15) is 0 Å². The van der Waals surface area contributed by atoms with Gasteiger partial charge >= 0.3 is 0 Å². The number of amides is 2. The normalized spacial score (nSPS) is 12.8. The average Bonchev–Trinajstić information content (AvgIpc) is 3.28. The first-order valence-corrected chi connectivity index (χ1v) is 12.2. The Morgan fingerprint density at radius 1 is 0.879 bits per heavy atom. The van der Waals surface area contributed by atoms with Gasteiger partial charge in [0, 0.05) is 30.8 Å². The average molecular weight is 464 g/mol. The van der Waals surface area contributed by atoms with Crippen molar-refractivity contribution >= 4 is 27.5 Å². The molecule has 33 heavy (non-hydrogen) atoms. The number of carbonyl (C=O) groups is 2. The van der Waals surface area contributed by atoms with Crippen molar-refractivity contribution in [2.45, 2.75) is 24.8 Å². The summed E-state index contributed by atoms with van der Waals surface area (Å²) < 4.78 is 27.9. The number of hydrogen-bond acceptors (Lipinski definition) is 4. The maximum absolute atomic E-state index is 13.3. The van der Waals surface area contributed by atoms with Gasteiger partial charge in [-0.05, 0) is 60.9 Å². The van der Waals surface area contributed by atoms with E-state index in [1.807, 2.05) is 31.2 Å². The minimum Gasteiger partial charge on any atom is -0.352 e. The predicted molar refractivity (Wildman–Crippen MR) is 127 cm³/mol. The molecule has 0 unspecified atom stereocenters. The Morgan fingerprint density at radius 3 is 2.36 bits per heavy atom. The van der Waals surface area contributed by atoms with Gasteiger partial charge in [-0.1, -0.05) is 36.4 Å². The molecule has 0 radical (unpaired) electrons. The fourth-order valence-corrected chi connectivity index (χ4v) is 5.40. The number of anilines is 1. The van der Waals surface area contributed by atoms with Crippen LogP contribution in [-0.4, -0.2) is 33.3 Å². The second kappa shape index (κ2) is 9.46. The lowest BCUT2D eigenvalue weighted by molar-refractivity contribution is 0.0947. The number of hydrogen-bond donors (Lipinski definition) is 2. The van der Waals surface area contributed by atoms with Crippen molar-refractivity contribution in [2.24, 2.45) is 0 Å². The Balaban J connectivity index is 1.49. The van der Waals surface area contributed by atoms with Crippen molar-refractivity contribution < 1.29 is 18.0 Å². The van der Waals surface area contributed by atoms with Gasteiger partial charge < -0.3 is 10.6 Å². The van der Waals surface area contributed by atoms with Crippen LogP contribution in [0.4, 0.5) is 5.69 Å². The molecule has 2 amide bonds. The van der Waals surface area contributed by atoms with E-state index in [-0.39, 0.29) is 22.9 Å². The second-order valence-electron chi connectivity index (χ2n) is 7.73. The maximum atomic E-state index is 13.3. The zero-order chi connectivity index (χ0) is 23.4. The number of rotatable bonds is 7. The van der Waals surface area contributed by atoms with Crippen LogP contribution in [0.2, 0.25) is 0 Å². The first kappa shape index (κ1) is 22.5. The molecule has 1 aliphatic heterocycles. The van der Waals surface area contributed by atoms with Crippen molar-refractivity contribution in [1.29, 1.82) is 0 Å². The van der Waals surface area contributed by atoms with Crippen LogP contribution >= 0.6 is 0 Å². The Bertz CT molecular complexity index is 1300. The molecule has 170 valence electrons. The zero-order valence-electron chi connectivity index (χ0n) is 18.2. The lowest BCUT2D eigenvalue weighted by Gasteiger charge is -2.20. The largest absolute Gasteiger partial charge is 0.352 e. The van der Waals surface area contributed by atoms with Crippen LogP contribution in [0.3, 0.4) is 0 Å². The number of para-hydroxylation sites is 1. The van der Waals surface area contributed by atoms with E-state index in [2.05, 4.69) is 10.6 Å². The molecule has 4 rings (SSSR count). The third-order valence-corrected chi connectivity index (χ3v) is 7.32. The van der Waals surface area contributed by atoms with Gasteiger partial charge in [0.2, 0.25) is 0 Å². The van der Waals surface area contributed by atoms with E-state index in [0.717, 1.165) is 11.1 Å². The quantitative estimate of drug-likeness (QED) is 0.563. The highest BCUT2D eigenvalue weighted by Crippen LogP contribution is 2.32. The summed E-state index contributed by atoms with van der Waals surface area (Å²) in [4.78, 5) is 24.8. The lowest BCUT2D eigenvalue weighted by atomic mass is 10.1. The van der Waals surface area contributed by atoms with Crippen LogP contribution in [0.15, 0.2) is 77.7 Å². The summed E-state index contributed by atoms with van der Waals surface area (Å²) in [6, 6.07) is 20.5. The van der Waals surface area contributed by atoms with Crippen LogP contribution in [0.5, 0.6) is 0 Å². The monoisotopic (exact) mass is 463 g/mol. The number of nitrogens with zero attached hydrogens (tertiary/aromatic N) is 1. The van der Waals surface area contributed by atoms with Crippen LogP contribution in [0.1, 0.15) is 38.8 Å². The van der Waals surface area contributed by atoms with Crippen molar-refractivity contribution in [3.8, 4) is 0 Å². The topological polar surface area (TPSA) is 95.6 Å². The zero-order valence-corrected chi connectivity index (χ0v) is 19.1. The van der Waals surface area contributed by atoms with Crippen molar-refractivity contribution in [2.75, 3.05) is 17.4 Å².